The molecule has 0 saturated heterocycles. The zero-order chi connectivity index (χ0) is 21.4. The predicted octanol–water partition coefficient (Wildman–Crippen LogP) is 2.98. The molecule has 0 bridgehead atoms. The lowest BCUT2D eigenvalue weighted by atomic mass is 10.1. The molecule has 2 aromatic rings. The SMILES string of the molecule is Cc1cc(C)c(NC(=O)CNC(=O)COC(=O)CCc2ccc(F)cc2)c(C)c1. The highest BCUT2D eigenvalue weighted by Crippen LogP contribution is 2.21. The summed E-state index contributed by atoms with van der Waals surface area (Å²) in [5.41, 5.74) is 4.51. The second kappa shape index (κ2) is 10.4. The van der Waals surface area contributed by atoms with E-state index in [1.807, 2.05) is 32.9 Å². The molecule has 2 amide bonds. The smallest absolute Gasteiger partial charge is 0.306 e. The minimum Gasteiger partial charge on any atom is -0.456 e. The van der Waals surface area contributed by atoms with Crippen LogP contribution in [0.2, 0.25) is 0 Å². The zero-order valence-electron chi connectivity index (χ0n) is 16.8. The Morgan fingerprint density at radius 2 is 1.59 bits per heavy atom. The molecule has 7 heteroatoms. The molecular weight excluding hydrogens is 375 g/mol. The predicted molar refractivity (Wildman–Crippen MR) is 108 cm³/mol. The van der Waals surface area contributed by atoms with E-state index in [2.05, 4.69) is 10.6 Å². The van der Waals surface area contributed by atoms with Gasteiger partial charge in [-0.3, -0.25) is 14.4 Å². The van der Waals surface area contributed by atoms with Crippen LogP contribution in [0.1, 0.15) is 28.7 Å². The highest BCUT2D eigenvalue weighted by Gasteiger charge is 2.12. The largest absolute Gasteiger partial charge is 0.456 e. The molecule has 0 aliphatic heterocycles. The molecule has 29 heavy (non-hydrogen) atoms. The molecule has 0 aliphatic rings. The minimum atomic E-state index is -0.562. The van der Waals surface area contributed by atoms with E-state index in [0.717, 1.165) is 27.9 Å². The first-order valence-corrected chi connectivity index (χ1v) is 9.29. The zero-order valence-corrected chi connectivity index (χ0v) is 16.8. The van der Waals surface area contributed by atoms with Crippen LogP contribution in [-0.4, -0.2) is 30.9 Å². The van der Waals surface area contributed by atoms with Crippen LogP contribution in [0, 0.1) is 26.6 Å². The lowest BCUT2D eigenvalue weighted by Crippen LogP contribution is -2.35. The van der Waals surface area contributed by atoms with Gasteiger partial charge in [0.1, 0.15) is 5.82 Å². The molecule has 0 spiro atoms. The molecule has 2 N–H and O–H groups in total. The molecule has 0 atom stereocenters. The summed E-state index contributed by atoms with van der Waals surface area (Å²) >= 11 is 0. The second-order valence-electron chi connectivity index (χ2n) is 6.89. The van der Waals surface area contributed by atoms with E-state index in [1.54, 1.807) is 12.1 Å². The van der Waals surface area contributed by atoms with E-state index in [4.69, 9.17) is 4.74 Å². The van der Waals surface area contributed by atoms with E-state index in [-0.39, 0.29) is 24.7 Å². The van der Waals surface area contributed by atoms with Crippen molar-refractivity contribution in [3.63, 3.8) is 0 Å². The van der Waals surface area contributed by atoms with Crippen molar-refractivity contribution in [1.29, 1.82) is 0 Å². The van der Waals surface area contributed by atoms with Crippen LogP contribution in [0.15, 0.2) is 36.4 Å². The summed E-state index contributed by atoms with van der Waals surface area (Å²) in [5.74, 6) is -1.81. The third-order valence-corrected chi connectivity index (χ3v) is 4.28. The summed E-state index contributed by atoms with van der Waals surface area (Å²) in [6, 6.07) is 9.74. The molecule has 2 aromatic carbocycles. The molecule has 154 valence electrons. The molecule has 0 fully saturated rings. The number of aryl methyl sites for hydroxylation is 4. The first-order chi connectivity index (χ1) is 13.7. The van der Waals surface area contributed by atoms with Gasteiger partial charge in [-0.1, -0.05) is 29.8 Å². The Morgan fingerprint density at radius 1 is 0.966 bits per heavy atom. The number of amides is 2. The summed E-state index contributed by atoms with van der Waals surface area (Å²) in [7, 11) is 0. The van der Waals surface area contributed by atoms with Crippen molar-refractivity contribution in [2.45, 2.75) is 33.6 Å². The molecule has 0 aromatic heterocycles. The van der Waals surface area contributed by atoms with Gasteiger partial charge in [0.25, 0.3) is 5.91 Å². The van der Waals surface area contributed by atoms with Gasteiger partial charge in [-0.25, -0.2) is 4.39 Å². The van der Waals surface area contributed by atoms with Gasteiger partial charge >= 0.3 is 5.97 Å². The molecule has 0 aliphatic carbocycles. The second-order valence-corrected chi connectivity index (χ2v) is 6.89. The van der Waals surface area contributed by atoms with Crippen LogP contribution in [0.25, 0.3) is 0 Å². The minimum absolute atomic E-state index is 0.0748. The number of halogens is 1. The van der Waals surface area contributed by atoms with E-state index in [0.29, 0.717) is 6.42 Å². The monoisotopic (exact) mass is 400 g/mol. The van der Waals surface area contributed by atoms with Crippen LogP contribution >= 0.6 is 0 Å². The quantitative estimate of drug-likeness (QED) is 0.667. The molecule has 0 radical (unpaired) electrons. The summed E-state index contributed by atoms with van der Waals surface area (Å²) in [6.45, 7) is 5.10. The van der Waals surface area contributed by atoms with Crippen molar-refractivity contribution >= 4 is 23.5 Å². The number of benzene rings is 2. The van der Waals surface area contributed by atoms with Crippen LogP contribution in [0.5, 0.6) is 0 Å². The third kappa shape index (κ3) is 7.37. The maximum Gasteiger partial charge on any atom is 0.306 e. The van der Waals surface area contributed by atoms with Gasteiger partial charge in [0, 0.05) is 12.1 Å². The van der Waals surface area contributed by atoms with Crippen LogP contribution in [0.4, 0.5) is 10.1 Å². The van der Waals surface area contributed by atoms with E-state index in [1.165, 1.54) is 12.1 Å². The number of anilines is 1. The number of ether oxygens (including phenoxy) is 1. The van der Waals surface area contributed by atoms with Gasteiger partial charge in [0.05, 0.1) is 6.54 Å². The topological polar surface area (TPSA) is 84.5 Å². The fraction of sp³-hybridized carbons (Fsp3) is 0.318. The number of carbonyl (C=O) groups is 3. The average Bonchev–Trinajstić information content (AvgIpc) is 2.67. The van der Waals surface area contributed by atoms with Gasteiger partial charge in [0.15, 0.2) is 6.61 Å². The number of hydrogen-bond donors (Lipinski definition) is 2. The van der Waals surface area contributed by atoms with Gasteiger partial charge in [-0.05, 0) is 56.0 Å². The maximum absolute atomic E-state index is 12.8. The van der Waals surface area contributed by atoms with E-state index in [9.17, 15) is 18.8 Å². The molecule has 2 rings (SSSR count). The Bertz CT molecular complexity index is 871. The van der Waals surface area contributed by atoms with Gasteiger partial charge < -0.3 is 15.4 Å². The van der Waals surface area contributed by atoms with Crippen molar-refractivity contribution in [2.75, 3.05) is 18.5 Å². The van der Waals surface area contributed by atoms with Gasteiger partial charge in [0.2, 0.25) is 5.91 Å². The van der Waals surface area contributed by atoms with Crippen molar-refractivity contribution < 1.29 is 23.5 Å². The fourth-order valence-corrected chi connectivity index (χ4v) is 2.91. The van der Waals surface area contributed by atoms with Gasteiger partial charge in [-0.2, -0.15) is 0 Å². The summed E-state index contributed by atoms with van der Waals surface area (Å²) in [6.07, 6.45) is 0.462. The highest BCUT2D eigenvalue weighted by atomic mass is 19.1. The summed E-state index contributed by atoms with van der Waals surface area (Å²) in [5, 5.41) is 5.20. The molecule has 0 unspecified atom stereocenters. The van der Waals surface area contributed by atoms with Crippen molar-refractivity contribution in [1.82, 2.24) is 5.32 Å². The Kier molecular flexibility index (Phi) is 7.88. The maximum atomic E-state index is 12.8. The van der Waals surface area contributed by atoms with E-state index < -0.39 is 18.5 Å². The van der Waals surface area contributed by atoms with Crippen molar-refractivity contribution in [3.05, 3.63) is 64.5 Å². The van der Waals surface area contributed by atoms with Crippen molar-refractivity contribution in [2.24, 2.45) is 0 Å². The molecule has 0 saturated carbocycles. The summed E-state index contributed by atoms with van der Waals surface area (Å²) < 4.78 is 17.7. The van der Waals surface area contributed by atoms with Crippen LogP contribution in [0.3, 0.4) is 0 Å². The number of esters is 1. The first-order valence-electron chi connectivity index (χ1n) is 9.29. The van der Waals surface area contributed by atoms with Crippen LogP contribution < -0.4 is 10.6 Å². The van der Waals surface area contributed by atoms with Crippen LogP contribution in [-0.2, 0) is 25.5 Å². The Morgan fingerprint density at radius 3 is 2.21 bits per heavy atom. The average molecular weight is 400 g/mol. The Balaban J connectivity index is 1.69. The lowest BCUT2D eigenvalue weighted by molar-refractivity contribution is -0.148. The number of hydrogen-bond acceptors (Lipinski definition) is 4. The molecule has 0 heterocycles. The number of nitrogens with one attached hydrogen (secondary N) is 2. The Labute approximate surface area is 169 Å². The summed E-state index contributed by atoms with van der Waals surface area (Å²) in [4.78, 5) is 35.6. The fourth-order valence-electron chi connectivity index (χ4n) is 2.91. The standard InChI is InChI=1S/C22H25FN2O4/c1-14-10-15(2)22(16(3)11-14)25-19(26)12-24-20(27)13-29-21(28)9-6-17-4-7-18(23)8-5-17/h4-5,7-8,10-11H,6,9,12-13H2,1-3H3,(H,24,27)(H,25,26). The number of carbonyl (C=O) groups excluding carboxylic acids is 3. The normalized spacial score (nSPS) is 10.3. The van der Waals surface area contributed by atoms with E-state index >= 15 is 0 Å². The van der Waals surface area contributed by atoms with Crippen molar-refractivity contribution in [3.8, 4) is 0 Å². The molecule has 6 nitrogen and oxygen atoms in total. The first kappa shape index (κ1) is 22.1. The van der Waals surface area contributed by atoms with Gasteiger partial charge in [-0.15, -0.1) is 0 Å². The third-order valence-electron chi connectivity index (χ3n) is 4.28. The number of rotatable bonds is 8. The lowest BCUT2D eigenvalue weighted by Gasteiger charge is -2.13. The highest BCUT2D eigenvalue weighted by molar-refractivity contribution is 5.96. The Hall–Kier alpha value is -3.22. The molecular formula is C22H25FN2O4.